The van der Waals surface area contributed by atoms with Crippen LogP contribution in [0, 0.1) is 5.41 Å². The number of methoxy groups -OCH3 is 1. The molecule has 1 spiro atoms. The number of hydrogen-bond acceptors (Lipinski definition) is 4. The maximum atomic E-state index is 13.0. The van der Waals surface area contributed by atoms with Crippen LogP contribution in [0.3, 0.4) is 0 Å². The van der Waals surface area contributed by atoms with Crippen molar-refractivity contribution in [3.63, 3.8) is 0 Å². The molecule has 2 aliphatic rings. The third-order valence-corrected chi connectivity index (χ3v) is 7.49. The molecular formula is C26H32N2O3. The Morgan fingerprint density at radius 3 is 2.29 bits per heavy atom. The molecule has 1 saturated carbocycles. The van der Waals surface area contributed by atoms with Gasteiger partial charge in [-0.2, -0.15) is 0 Å². The Balaban J connectivity index is 1.50. The first-order valence-electron chi connectivity index (χ1n) is 11.1. The van der Waals surface area contributed by atoms with E-state index >= 15 is 0 Å². The van der Waals surface area contributed by atoms with Gasteiger partial charge < -0.3 is 9.64 Å². The van der Waals surface area contributed by atoms with Crippen molar-refractivity contribution in [2.45, 2.75) is 44.2 Å². The summed E-state index contributed by atoms with van der Waals surface area (Å²) >= 11 is 0. The van der Waals surface area contributed by atoms with Crippen LogP contribution in [0.5, 0.6) is 0 Å². The second kappa shape index (κ2) is 8.46. The van der Waals surface area contributed by atoms with Gasteiger partial charge >= 0.3 is 5.97 Å². The molecule has 2 aromatic rings. The smallest absolute Gasteiger partial charge is 0.338 e. The number of ether oxygens (including phenoxy) is 1. The van der Waals surface area contributed by atoms with Crippen molar-refractivity contribution in [1.82, 2.24) is 9.80 Å². The van der Waals surface area contributed by atoms with E-state index in [1.54, 1.807) is 6.07 Å². The predicted octanol–water partition coefficient (Wildman–Crippen LogP) is 4.22. The van der Waals surface area contributed by atoms with Gasteiger partial charge in [-0.05, 0) is 62.4 Å². The van der Waals surface area contributed by atoms with Gasteiger partial charge in [-0.1, -0.05) is 48.5 Å². The third-order valence-electron chi connectivity index (χ3n) is 7.49. The van der Waals surface area contributed by atoms with Gasteiger partial charge in [0.1, 0.15) is 0 Å². The molecular weight excluding hydrogens is 388 g/mol. The largest absolute Gasteiger partial charge is 0.465 e. The van der Waals surface area contributed by atoms with Crippen LogP contribution in [0.25, 0.3) is 0 Å². The van der Waals surface area contributed by atoms with Crippen LogP contribution in [0.4, 0.5) is 0 Å². The lowest BCUT2D eigenvalue weighted by molar-refractivity contribution is -0.128. The molecule has 1 saturated heterocycles. The lowest BCUT2D eigenvalue weighted by atomic mass is 9.64. The summed E-state index contributed by atoms with van der Waals surface area (Å²) in [5.41, 5.74) is 2.81. The molecule has 0 atom stereocenters. The summed E-state index contributed by atoms with van der Waals surface area (Å²) in [5.74, 6) is -0.162. The van der Waals surface area contributed by atoms with Crippen molar-refractivity contribution < 1.29 is 14.3 Å². The van der Waals surface area contributed by atoms with E-state index < -0.39 is 0 Å². The van der Waals surface area contributed by atoms with Gasteiger partial charge in [-0.3, -0.25) is 9.69 Å². The molecule has 1 amide bonds. The highest BCUT2D eigenvalue weighted by molar-refractivity contribution is 5.91. The van der Waals surface area contributed by atoms with Crippen LogP contribution in [0.2, 0.25) is 0 Å². The van der Waals surface area contributed by atoms with E-state index in [-0.39, 0.29) is 22.8 Å². The van der Waals surface area contributed by atoms with Crippen LogP contribution >= 0.6 is 0 Å². The van der Waals surface area contributed by atoms with Crippen molar-refractivity contribution in [3.8, 4) is 0 Å². The Kier molecular flexibility index (Phi) is 5.89. The van der Waals surface area contributed by atoms with Gasteiger partial charge in [0.2, 0.25) is 5.91 Å². The topological polar surface area (TPSA) is 49.9 Å². The number of nitrogens with zero attached hydrogens (tertiary/aromatic N) is 2. The Labute approximate surface area is 185 Å². The number of carbonyl (C=O) groups is 2. The molecule has 2 fully saturated rings. The van der Waals surface area contributed by atoms with E-state index in [9.17, 15) is 9.59 Å². The fourth-order valence-electron chi connectivity index (χ4n) is 5.57. The zero-order valence-electron chi connectivity index (χ0n) is 18.8. The van der Waals surface area contributed by atoms with Crippen molar-refractivity contribution in [2.75, 3.05) is 27.7 Å². The number of likely N-dealkylation sites (tertiary alicyclic amines) is 1. The highest BCUT2D eigenvalue weighted by Crippen LogP contribution is 2.52. The minimum absolute atomic E-state index is 0.0282. The van der Waals surface area contributed by atoms with Crippen molar-refractivity contribution >= 4 is 11.9 Å². The number of rotatable bonds is 5. The summed E-state index contributed by atoms with van der Waals surface area (Å²) in [5, 5.41) is 0. The Hall–Kier alpha value is -2.66. The highest BCUT2D eigenvalue weighted by atomic mass is 16.5. The first kappa shape index (κ1) is 21.6. The van der Waals surface area contributed by atoms with E-state index in [0.717, 1.165) is 37.8 Å². The fraction of sp³-hybridized carbons (Fsp3) is 0.462. The SMILES string of the molecule is COC(=O)c1ccccc1CN1C[C@]2(CC[C@@](c3ccccc3)(N(C)C)CC2)CC1=O. The van der Waals surface area contributed by atoms with Crippen LogP contribution in [-0.4, -0.2) is 49.4 Å². The molecule has 31 heavy (non-hydrogen) atoms. The summed E-state index contributed by atoms with van der Waals surface area (Å²) in [4.78, 5) is 29.4. The number of carbonyl (C=O) groups excluding carboxylic acids is 2. The zero-order chi connectivity index (χ0) is 22.1. The molecule has 0 radical (unpaired) electrons. The lowest BCUT2D eigenvalue weighted by Crippen LogP contribution is -2.47. The maximum Gasteiger partial charge on any atom is 0.338 e. The van der Waals surface area contributed by atoms with Crippen LogP contribution < -0.4 is 0 Å². The van der Waals surface area contributed by atoms with E-state index in [2.05, 4.69) is 49.3 Å². The fourth-order valence-corrected chi connectivity index (χ4v) is 5.57. The third kappa shape index (κ3) is 3.99. The average molecular weight is 421 g/mol. The normalized spacial score (nSPS) is 25.9. The molecule has 0 N–H and O–H groups in total. The summed E-state index contributed by atoms with van der Waals surface area (Å²) < 4.78 is 4.92. The standard InChI is InChI=1S/C26H32N2O3/c1-27(2)26(21-10-5-4-6-11-21)15-13-25(14-16-26)17-23(29)28(19-25)18-20-9-7-8-12-22(20)24(30)31-3/h4-12H,13-19H2,1-3H3/t25-,26+. The molecule has 1 heterocycles. The average Bonchev–Trinajstić information content (AvgIpc) is 3.09. The monoisotopic (exact) mass is 420 g/mol. The number of hydrogen-bond donors (Lipinski definition) is 0. The molecule has 0 bridgehead atoms. The molecule has 5 heteroatoms. The molecule has 164 valence electrons. The van der Waals surface area contributed by atoms with E-state index in [0.29, 0.717) is 18.5 Å². The summed E-state index contributed by atoms with van der Waals surface area (Å²) in [6, 6.07) is 18.2. The van der Waals surface area contributed by atoms with Gasteiger partial charge in [0.05, 0.1) is 12.7 Å². The predicted molar refractivity (Wildman–Crippen MR) is 121 cm³/mol. The van der Waals surface area contributed by atoms with Gasteiger partial charge in [-0.25, -0.2) is 4.79 Å². The summed E-state index contributed by atoms with van der Waals surface area (Å²) in [6.07, 6.45) is 4.75. The molecule has 2 aromatic carbocycles. The minimum atomic E-state index is -0.353. The zero-order valence-corrected chi connectivity index (χ0v) is 18.8. The lowest BCUT2D eigenvalue weighted by Gasteiger charge is -2.48. The first-order valence-corrected chi connectivity index (χ1v) is 11.1. The Morgan fingerprint density at radius 2 is 1.65 bits per heavy atom. The molecule has 5 nitrogen and oxygen atoms in total. The van der Waals surface area contributed by atoms with Crippen LogP contribution in [0.15, 0.2) is 54.6 Å². The van der Waals surface area contributed by atoms with E-state index in [1.165, 1.54) is 12.7 Å². The number of benzene rings is 2. The number of esters is 1. The molecule has 1 aliphatic heterocycles. The quantitative estimate of drug-likeness (QED) is 0.680. The second-order valence-corrected chi connectivity index (χ2v) is 9.37. The second-order valence-electron chi connectivity index (χ2n) is 9.37. The maximum absolute atomic E-state index is 13.0. The Bertz CT molecular complexity index is 946. The van der Waals surface area contributed by atoms with Crippen LogP contribution in [0.1, 0.15) is 53.6 Å². The number of amides is 1. The van der Waals surface area contributed by atoms with Gasteiger partial charge in [0, 0.05) is 25.0 Å². The first-order chi connectivity index (χ1) is 14.9. The van der Waals surface area contributed by atoms with Gasteiger partial charge in [0.15, 0.2) is 0 Å². The van der Waals surface area contributed by atoms with E-state index in [1.807, 2.05) is 23.1 Å². The van der Waals surface area contributed by atoms with Gasteiger partial charge in [-0.15, -0.1) is 0 Å². The molecule has 0 aromatic heterocycles. The molecule has 0 unspecified atom stereocenters. The Morgan fingerprint density at radius 1 is 1.00 bits per heavy atom. The molecule has 4 rings (SSSR count). The minimum Gasteiger partial charge on any atom is -0.465 e. The summed E-state index contributed by atoms with van der Waals surface area (Å²) in [6.45, 7) is 1.23. The van der Waals surface area contributed by atoms with E-state index in [4.69, 9.17) is 4.74 Å². The van der Waals surface area contributed by atoms with Crippen molar-refractivity contribution in [2.24, 2.45) is 5.41 Å². The van der Waals surface area contributed by atoms with Gasteiger partial charge in [0.25, 0.3) is 0 Å². The summed E-state index contributed by atoms with van der Waals surface area (Å²) in [7, 11) is 5.72. The molecule has 1 aliphatic carbocycles. The van der Waals surface area contributed by atoms with Crippen molar-refractivity contribution in [3.05, 3.63) is 71.3 Å². The highest BCUT2D eigenvalue weighted by Gasteiger charge is 2.50. The van der Waals surface area contributed by atoms with Crippen molar-refractivity contribution in [1.29, 1.82) is 0 Å². The van der Waals surface area contributed by atoms with Crippen LogP contribution in [-0.2, 0) is 21.6 Å².